The lowest BCUT2D eigenvalue weighted by atomic mass is 10.3. The van der Waals surface area contributed by atoms with Crippen molar-refractivity contribution in [2.75, 3.05) is 24.5 Å². The molecule has 0 aromatic carbocycles. The van der Waals surface area contributed by atoms with Gasteiger partial charge in [0.2, 0.25) is 0 Å². The summed E-state index contributed by atoms with van der Waals surface area (Å²) in [5.41, 5.74) is 0. The van der Waals surface area contributed by atoms with Crippen LogP contribution in [0.2, 0.25) is 0 Å². The van der Waals surface area contributed by atoms with Crippen LogP contribution < -0.4 is 10.2 Å². The molecule has 0 unspecified atom stereocenters. The molecule has 4 heteroatoms. The van der Waals surface area contributed by atoms with Crippen molar-refractivity contribution >= 4 is 5.82 Å². The fraction of sp³-hybridized carbons (Fsp3) is 0.375. The largest absolute Gasteiger partial charge is 0.349 e. The minimum absolute atomic E-state index is 0.921. The number of hydrogen-bond donors (Lipinski definition) is 1. The van der Waals surface area contributed by atoms with Crippen LogP contribution in [0.3, 0.4) is 0 Å². The molecular weight excluding hydrogens is 152 g/mol. The molecule has 1 aromatic rings. The van der Waals surface area contributed by atoms with Gasteiger partial charge in [0.25, 0.3) is 0 Å². The van der Waals surface area contributed by atoms with Gasteiger partial charge in [0.1, 0.15) is 12.1 Å². The van der Waals surface area contributed by atoms with Crippen LogP contribution in [0.25, 0.3) is 0 Å². The Hall–Kier alpha value is -1.16. The molecule has 0 aliphatic carbocycles. The smallest absolute Gasteiger partial charge is 0.132 e. The van der Waals surface area contributed by atoms with E-state index in [-0.39, 0.29) is 0 Å². The van der Waals surface area contributed by atoms with Gasteiger partial charge in [-0.15, -0.1) is 0 Å². The van der Waals surface area contributed by atoms with Crippen molar-refractivity contribution in [2.45, 2.75) is 0 Å². The highest BCUT2D eigenvalue weighted by atomic mass is 15.2. The van der Waals surface area contributed by atoms with Gasteiger partial charge in [-0.2, -0.15) is 0 Å². The number of hydrogen-bond acceptors (Lipinski definition) is 4. The normalized spacial score (nSPS) is 17.8. The molecule has 2 heterocycles. The Bertz CT molecular complexity index is 230. The third-order valence-electron chi connectivity index (χ3n) is 1.85. The summed E-state index contributed by atoms with van der Waals surface area (Å²) in [5.74, 6) is 0.978. The van der Waals surface area contributed by atoms with Gasteiger partial charge in [-0.1, -0.05) is 0 Å². The summed E-state index contributed by atoms with van der Waals surface area (Å²) in [7, 11) is 0. The van der Waals surface area contributed by atoms with Gasteiger partial charge in [0, 0.05) is 25.8 Å². The summed E-state index contributed by atoms with van der Waals surface area (Å²) in [4.78, 5) is 10.2. The van der Waals surface area contributed by atoms with Crippen molar-refractivity contribution in [1.29, 1.82) is 0 Å². The quantitative estimate of drug-likeness (QED) is 0.635. The van der Waals surface area contributed by atoms with Gasteiger partial charge < -0.3 is 10.2 Å². The highest BCUT2D eigenvalue weighted by Gasteiger charge is 2.10. The monoisotopic (exact) mass is 163 g/mol. The fourth-order valence-corrected chi connectivity index (χ4v) is 1.23. The van der Waals surface area contributed by atoms with Gasteiger partial charge in [0.05, 0.1) is 6.54 Å². The summed E-state index contributed by atoms with van der Waals surface area (Å²) >= 11 is 0. The van der Waals surface area contributed by atoms with Gasteiger partial charge in [-0.25, -0.2) is 9.97 Å². The molecule has 0 amide bonds. The zero-order valence-electron chi connectivity index (χ0n) is 6.77. The van der Waals surface area contributed by atoms with Crippen molar-refractivity contribution in [3.05, 3.63) is 25.1 Å². The zero-order chi connectivity index (χ0) is 8.23. The summed E-state index contributed by atoms with van der Waals surface area (Å²) in [6.45, 7) is 5.02. The molecule has 1 aliphatic rings. The van der Waals surface area contributed by atoms with E-state index in [1.165, 1.54) is 0 Å². The van der Waals surface area contributed by atoms with Gasteiger partial charge in [-0.05, 0) is 6.07 Å². The molecule has 63 valence electrons. The Morgan fingerprint density at radius 1 is 1.50 bits per heavy atom. The number of piperazine rings is 1. The first-order valence-corrected chi connectivity index (χ1v) is 4.03. The second kappa shape index (κ2) is 3.49. The maximum Gasteiger partial charge on any atom is 0.132 e. The summed E-state index contributed by atoms with van der Waals surface area (Å²) in [6, 6.07) is 1.92. The third kappa shape index (κ3) is 1.53. The van der Waals surface area contributed by atoms with E-state index in [1.807, 2.05) is 6.07 Å². The van der Waals surface area contributed by atoms with Crippen LogP contribution in [0, 0.1) is 6.54 Å². The Morgan fingerprint density at radius 2 is 2.50 bits per heavy atom. The number of nitrogens with one attached hydrogen (secondary N) is 1. The molecule has 12 heavy (non-hydrogen) atoms. The topological polar surface area (TPSA) is 41.0 Å². The first-order valence-electron chi connectivity index (χ1n) is 4.03. The molecule has 0 saturated carbocycles. The summed E-state index contributed by atoms with van der Waals surface area (Å²) in [5, 5.41) is 3.24. The molecule has 1 N–H and O–H groups in total. The second-order valence-electron chi connectivity index (χ2n) is 2.65. The molecule has 1 fully saturated rings. The van der Waals surface area contributed by atoms with E-state index >= 15 is 0 Å². The Labute approximate surface area is 71.6 Å². The lowest BCUT2D eigenvalue weighted by Crippen LogP contribution is -2.40. The average molecular weight is 163 g/mol. The van der Waals surface area contributed by atoms with E-state index in [2.05, 4.69) is 26.7 Å². The van der Waals surface area contributed by atoms with Crippen molar-refractivity contribution < 1.29 is 0 Å². The van der Waals surface area contributed by atoms with E-state index in [0.29, 0.717) is 0 Å². The molecule has 1 aromatic heterocycles. The van der Waals surface area contributed by atoms with Crippen LogP contribution in [-0.2, 0) is 0 Å². The molecule has 0 atom stereocenters. The summed E-state index contributed by atoms with van der Waals surface area (Å²) < 4.78 is 0. The predicted molar refractivity (Wildman–Crippen MR) is 46.5 cm³/mol. The number of anilines is 1. The van der Waals surface area contributed by atoms with Crippen molar-refractivity contribution in [3.8, 4) is 0 Å². The first kappa shape index (κ1) is 7.49. The lowest BCUT2D eigenvalue weighted by molar-refractivity contribution is 0.635. The highest BCUT2D eigenvalue weighted by molar-refractivity contribution is 5.39. The third-order valence-corrected chi connectivity index (χ3v) is 1.85. The maximum absolute atomic E-state index is 4.16. The Morgan fingerprint density at radius 3 is 3.17 bits per heavy atom. The second-order valence-corrected chi connectivity index (χ2v) is 2.65. The molecule has 1 radical (unpaired) electrons. The predicted octanol–water partition coefficient (Wildman–Crippen LogP) is 0.0480. The molecule has 1 aliphatic heterocycles. The highest BCUT2D eigenvalue weighted by Crippen LogP contribution is 2.10. The van der Waals surface area contributed by atoms with Crippen LogP contribution in [0.1, 0.15) is 0 Å². The molecule has 4 nitrogen and oxygen atoms in total. The van der Waals surface area contributed by atoms with E-state index < -0.39 is 0 Å². The van der Waals surface area contributed by atoms with Crippen LogP contribution in [0.15, 0.2) is 18.6 Å². The molecule has 1 saturated heterocycles. The van der Waals surface area contributed by atoms with E-state index in [9.17, 15) is 0 Å². The number of nitrogens with zero attached hydrogens (tertiary/aromatic N) is 3. The minimum Gasteiger partial charge on any atom is -0.349 e. The SMILES string of the molecule is [CH]1CNCCN1c1ccncn1. The number of aromatic nitrogens is 2. The lowest BCUT2D eigenvalue weighted by Gasteiger charge is -2.27. The Kier molecular flexibility index (Phi) is 2.18. The molecular formula is C8H11N4. The van der Waals surface area contributed by atoms with Crippen molar-refractivity contribution in [2.24, 2.45) is 0 Å². The fourth-order valence-electron chi connectivity index (χ4n) is 1.23. The first-order chi connectivity index (χ1) is 5.97. The van der Waals surface area contributed by atoms with Crippen LogP contribution >= 0.6 is 0 Å². The van der Waals surface area contributed by atoms with Crippen LogP contribution in [-0.4, -0.2) is 29.6 Å². The van der Waals surface area contributed by atoms with E-state index in [4.69, 9.17) is 0 Å². The zero-order valence-corrected chi connectivity index (χ0v) is 6.77. The average Bonchev–Trinajstić information content (AvgIpc) is 2.21. The molecule has 2 rings (SSSR count). The van der Waals surface area contributed by atoms with E-state index in [1.54, 1.807) is 12.5 Å². The molecule has 0 bridgehead atoms. The maximum atomic E-state index is 4.16. The minimum atomic E-state index is 0.921. The standard InChI is InChI=1S/C8H11N4/c1-2-10-7-11-8(1)12-5-3-9-4-6-12/h1-2,5,7,9H,3-4,6H2. The van der Waals surface area contributed by atoms with Crippen LogP contribution in [0.5, 0.6) is 0 Å². The Balaban J connectivity index is 2.08. The van der Waals surface area contributed by atoms with Crippen molar-refractivity contribution in [1.82, 2.24) is 15.3 Å². The van der Waals surface area contributed by atoms with Gasteiger partial charge >= 0.3 is 0 Å². The van der Waals surface area contributed by atoms with Gasteiger partial charge in [-0.3, -0.25) is 0 Å². The number of rotatable bonds is 1. The van der Waals surface area contributed by atoms with Gasteiger partial charge in [0.15, 0.2) is 0 Å². The van der Waals surface area contributed by atoms with Crippen LogP contribution in [0.4, 0.5) is 5.82 Å². The van der Waals surface area contributed by atoms with E-state index in [0.717, 1.165) is 25.5 Å². The van der Waals surface area contributed by atoms with Crippen molar-refractivity contribution in [3.63, 3.8) is 0 Å². The molecule has 0 spiro atoms. The summed E-state index contributed by atoms with van der Waals surface area (Å²) in [6.07, 6.45) is 3.34.